The molecule has 0 unspecified atom stereocenters. The van der Waals surface area contributed by atoms with Crippen LogP contribution in [0.1, 0.15) is 49.7 Å². The molecule has 2 aromatic rings. The molecule has 18 heteroatoms. The molecular weight excluding hydrogens is 634 g/mol. The number of aromatic hydroxyl groups is 4. The van der Waals surface area contributed by atoms with E-state index >= 15 is 0 Å². The van der Waals surface area contributed by atoms with Crippen molar-refractivity contribution in [2.75, 3.05) is 26.2 Å². The number of phenolic OH excluding ortho intramolecular Hbond substituents is 4. The van der Waals surface area contributed by atoms with E-state index in [1.165, 1.54) is 9.80 Å². The van der Waals surface area contributed by atoms with Gasteiger partial charge in [0.1, 0.15) is 23.5 Å². The second-order valence-corrected chi connectivity index (χ2v) is 10.7. The van der Waals surface area contributed by atoms with Crippen LogP contribution in [0.2, 0.25) is 0 Å². The van der Waals surface area contributed by atoms with Crippen LogP contribution >= 0.6 is 0 Å². The molecule has 2 aliphatic heterocycles. The van der Waals surface area contributed by atoms with E-state index in [2.05, 4.69) is 0 Å². The summed E-state index contributed by atoms with van der Waals surface area (Å²) in [4.78, 5) is 47.6. The third kappa shape index (κ3) is 7.98. The fourth-order valence-corrected chi connectivity index (χ4v) is 5.00. The number of nitrogens with zero attached hydrogens (tertiary/aromatic N) is 6. The summed E-state index contributed by atoms with van der Waals surface area (Å²) in [6.07, 6.45) is 5.21. The maximum absolute atomic E-state index is 12.4. The first-order valence-corrected chi connectivity index (χ1v) is 14.5. The molecule has 0 aromatic heterocycles. The van der Waals surface area contributed by atoms with Crippen LogP contribution in [0.4, 0.5) is 11.4 Å². The Morgan fingerprint density at radius 3 is 1.46 bits per heavy atom. The number of likely N-dealkylation sites (tertiary alicyclic amines) is 2. The van der Waals surface area contributed by atoms with Crippen LogP contribution < -0.4 is 5.73 Å². The van der Waals surface area contributed by atoms with E-state index in [1.807, 2.05) is 0 Å². The van der Waals surface area contributed by atoms with Gasteiger partial charge >= 0.3 is 11.4 Å². The van der Waals surface area contributed by atoms with Crippen molar-refractivity contribution in [2.45, 2.75) is 38.5 Å². The third-order valence-corrected chi connectivity index (χ3v) is 7.56. The minimum Gasteiger partial charge on any atom is -0.506 e. The number of nitro benzene ring substituents is 2. The van der Waals surface area contributed by atoms with Crippen LogP contribution in [-0.4, -0.2) is 83.2 Å². The summed E-state index contributed by atoms with van der Waals surface area (Å²) in [5.41, 5.74) is 2.62. The number of benzene rings is 2. The first-order valence-electron chi connectivity index (χ1n) is 14.5. The molecule has 48 heavy (non-hydrogen) atoms. The number of nitro groups is 2. The summed E-state index contributed by atoms with van der Waals surface area (Å²) in [5, 5.41) is 88.6. The molecule has 0 radical (unpaired) electrons. The average Bonchev–Trinajstić information content (AvgIpc) is 3.08. The van der Waals surface area contributed by atoms with E-state index in [1.54, 1.807) is 12.1 Å². The standard InChI is InChI=1S/C15H16N4O5.C15H15N3O6/c16-8-10(15(22)18-4-2-1-3-5-18)13(17)9-6-11(19(23)24)14(21)12(20)7-9;16-8-10(15(22)17-4-2-1-3-5-17)13(20)9-6-11(18(23)24)14(21)12(19)7-9/h6-7,20-21H,1-5,17H2;6-7,19-21H,1-5H2/b2*13-10-. The van der Waals surface area contributed by atoms with Crippen molar-refractivity contribution < 1.29 is 45.0 Å². The molecule has 2 heterocycles. The SMILES string of the molecule is N#C/C(C(=O)N1CCCCC1)=C(/N)c1cc(O)c(O)c([N+](=O)[O-])c1.N#C/C(C(=O)N1CCCCC1)=C(/O)c1cc(O)c(O)c([N+](=O)[O-])c1. The molecule has 7 N–H and O–H groups in total. The topological polar surface area (TPSA) is 302 Å². The first-order chi connectivity index (χ1) is 22.7. The molecule has 0 aliphatic carbocycles. The number of carbonyl (C=O) groups excluding carboxylic acids is 2. The number of hydrogen-bond acceptors (Lipinski definition) is 14. The van der Waals surface area contributed by atoms with Crippen molar-refractivity contribution >= 4 is 34.6 Å². The highest BCUT2D eigenvalue weighted by molar-refractivity contribution is 6.05. The molecule has 0 spiro atoms. The van der Waals surface area contributed by atoms with Crippen molar-refractivity contribution in [3.8, 4) is 35.1 Å². The van der Waals surface area contributed by atoms with Gasteiger partial charge in [-0.1, -0.05) is 0 Å². The average molecular weight is 666 g/mol. The van der Waals surface area contributed by atoms with Crippen LogP contribution in [0.15, 0.2) is 35.4 Å². The molecule has 4 rings (SSSR count). The van der Waals surface area contributed by atoms with Gasteiger partial charge in [0, 0.05) is 49.4 Å². The van der Waals surface area contributed by atoms with Gasteiger partial charge in [-0.15, -0.1) is 0 Å². The van der Waals surface area contributed by atoms with Gasteiger partial charge in [0.05, 0.1) is 15.5 Å². The summed E-state index contributed by atoms with van der Waals surface area (Å²) in [5.74, 6) is -5.48. The van der Waals surface area contributed by atoms with Crippen molar-refractivity contribution in [1.29, 1.82) is 10.5 Å². The fourth-order valence-electron chi connectivity index (χ4n) is 5.00. The minimum atomic E-state index is -0.961. The molecule has 2 fully saturated rings. The number of nitrogens with two attached hydrogens (primary N) is 1. The molecule has 252 valence electrons. The van der Waals surface area contributed by atoms with E-state index < -0.39 is 67.4 Å². The molecule has 0 atom stereocenters. The van der Waals surface area contributed by atoms with Crippen LogP contribution in [-0.2, 0) is 9.59 Å². The van der Waals surface area contributed by atoms with Gasteiger partial charge in [-0.05, 0) is 50.7 Å². The lowest BCUT2D eigenvalue weighted by Gasteiger charge is -2.26. The molecule has 18 nitrogen and oxygen atoms in total. The van der Waals surface area contributed by atoms with Gasteiger partial charge in [-0.2, -0.15) is 10.5 Å². The second-order valence-electron chi connectivity index (χ2n) is 10.7. The molecule has 2 aliphatic rings. The van der Waals surface area contributed by atoms with E-state index in [4.69, 9.17) is 5.73 Å². The summed E-state index contributed by atoms with van der Waals surface area (Å²) in [6.45, 7) is 1.94. The Hall–Kier alpha value is -6.56. The lowest BCUT2D eigenvalue weighted by atomic mass is 10.0. The Balaban J connectivity index is 0.000000260. The Labute approximate surface area is 272 Å². The fraction of sp³-hybridized carbons (Fsp3) is 0.333. The van der Waals surface area contributed by atoms with E-state index in [9.17, 15) is 65.9 Å². The van der Waals surface area contributed by atoms with E-state index in [0.29, 0.717) is 26.2 Å². The Morgan fingerprint density at radius 1 is 0.688 bits per heavy atom. The second kappa shape index (κ2) is 15.6. The Kier molecular flexibility index (Phi) is 11.7. The van der Waals surface area contributed by atoms with Gasteiger partial charge in [0.25, 0.3) is 11.8 Å². The number of hydrogen-bond donors (Lipinski definition) is 6. The number of amides is 2. The normalized spacial score (nSPS) is 15.4. The van der Waals surface area contributed by atoms with Gasteiger partial charge in [0.15, 0.2) is 17.1 Å². The summed E-state index contributed by atoms with van der Waals surface area (Å²) < 4.78 is 0. The summed E-state index contributed by atoms with van der Waals surface area (Å²) in [7, 11) is 0. The van der Waals surface area contributed by atoms with Gasteiger partial charge in [0.2, 0.25) is 11.5 Å². The van der Waals surface area contributed by atoms with Crippen LogP contribution in [0, 0.1) is 42.9 Å². The lowest BCUT2D eigenvalue weighted by Crippen LogP contribution is -2.37. The number of phenols is 4. The molecular formula is C30H31N7O11. The predicted octanol–water partition coefficient (Wildman–Crippen LogP) is 3.02. The van der Waals surface area contributed by atoms with Crippen molar-refractivity contribution in [1.82, 2.24) is 9.80 Å². The maximum atomic E-state index is 12.4. The van der Waals surface area contributed by atoms with Crippen LogP contribution in [0.5, 0.6) is 23.0 Å². The van der Waals surface area contributed by atoms with Crippen LogP contribution in [0.25, 0.3) is 11.5 Å². The Morgan fingerprint density at radius 2 is 1.06 bits per heavy atom. The van der Waals surface area contributed by atoms with Crippen molar-refractivity contribution in [3.05, 3.63) is 66.8 Å². The van der Waals surface area contributed by atoms with Gasteiger partial charge in [-0.25, -0.2) is 0 Å². The van der Waals surface area contributed by atoms with Crippen molar-refractivity contribution in [2.24, 2.45) is 5.73 Å². The number of carbonyl (C=O) groups is 2. The van der Waals surface area contributed by atoms with E-state index in [-0.39, 0.29) is 22.4 Å². The predicted molar refractivity (Wildman–Crippen MR) is 166 cm³/mol. The summed E-state index contributed by atoms with van der Waals surface area (Å²) in [6, 6.07) is 6.84. The van der Waals surface area contributed by atoms with Crippen LogP contribution in [0.3, 0.4) is 0 Å². The zero-order valence-corrected chi connectivity index (χ0v) is 25.3. The first kappa shape index (κ1) is 35.9. The van der Waals surface area contributed by atoms with E-state index in [0.717, 1.165) is 62.8 Å². The minimum absolute atomic E-state index is 0.0843. The smallest absolute Gasteiger partial charge is 0.315 e. The molecule has 2 amide bonds. The highest BCUT2D eigenvalue weighted by Gasteiger charge is 2.28. The maximum Gasteiger partial charge on any atom is 0.315 e. The zero-order chi connectivity index (χ0) is 35.7. The quantitative estimate of drug-likeness (QED) is 0.0645. The highest BCUT2D eigenvalue weighted by atomic mass is 16.6. The highest BCUT2D eigenvalue weighted by Crippen LogP contribution is 2.39. The monoisotopic (exact) mass is 665 g/mol. The lowest BCUT2D eigenvalue weighted by molar-refractivity contribution is -0.386. The molecule has 0 saturated carbocycles. The van der Waals surface area contributed by atoms with Gasteiger partial charge < -0.3 is 41.1 Å². The number of rotatable bonds is 6. The number of aliphatic hydroxyl groups is 1. The Bertz CT molecular complexity index is 1650. The molecule has 2 saturated heterocycles. The molecule has 2 aromatic carbocycles. The molecule has 0 bridgehead atoms. The largest absolute Gasteiger partial charge is 0.506 e. The number of nitriles is 2. The zero-order valence-electron chi connectivity index (χ0n) is 25.3. The number of aliphatic hydroxyl groups excluding tert-OH is 1. The number of piperidine rings is 2. The van der Waals surface area contributed by atoms with Gasteiger partial charge in [-0.3, -0.25) is 29.8 Å². The van der Waals surface area contributed by atoms with Crippen molar-refractivity contribution in [3.63, 3.8) is 0 Å². The third-order valence-electron chi connectivity index (χ3n) is 7.56. The summed E-state index contributed by atoms with van der Waals surface area (Å²) >= 11 is 0.